The van der Waals surface area contributed by atoms with Crippen molar-refractivity contribution in [2.45, 2.75) is 44.1 Å². The minimum atomic E-state index is -0.506. The lowest BCUT2D eigenvalue weighted by atomic mass is 9.53. The van der Waals surface area contributed by atoms with E-state index in [4.69, 9.17) is 11.6 Å². The molecule has 0 unspecified atom stereocenters. The highest BCUT2D eigenvalue weighted by Gasteiger charge is 2.51. The molecule has 1 aromatic carbocycles. The Balaban J connectivity index is 1.48. The molecule has 4 saturated carbocycles. The van der Waals surface area contributed by atoms with Gasteiger partial charge in [0, 0.05) is 5.54 Å². The highest BCUT2D eigenvalue weighted by atomic mass is 35.5. The van der Waals surface area contributed by atoms with E-state index in [0.717, 1.165) is 37.0 Å². The quantitative estimate of drug-likeness (QED) is 0.822. The van der Waals surface area contributed by atoms with Crippen LogP contribution in [0.3, 0.4) is 0 Å². The van der Waals surface area contributed by atoms with Crippen molar-refractivity contribution in [3.05, 3.63) is 29.0 Å². The lowest BCUT2D eigenvalue weighted by molar-refractivity contribution is -0.0127. The number of urea groups is 1. The number of carbonyl (C=O) groups excluding carboxylic acids is 1. The molecule has 0 aromatic heterocycles. The molecule has 5 heteroatoms. The number of nitrogens with one attached hydrogen (secondary N) is 2. The molecule has 22 heavy (non-hydrogen) atoms. The van der Waals surface area contributed by atoms with Crippen LogP contribution >= 0.6 is 11.6 Å². The zero-order chi connectivity index (χ0) is 15.3. The number of para-hydroxylation sites is 1. The van der Waals surface area contributed by atoms with Crippen molar-refractivity contribution < 1.29 is 9.18 Å². The van der Waals surface area contributed by atoms with Gasteiger partial charge in [-0.05, 0) is 68.4 Å². The van der Waals surface area contributed by atoms with Crippen LogP contribution in [0.25, 0.3) is 0 Å². The number of hydrogen-bond acceptors (Lipinski definition) is 1. The third-order valence-electron chi connectivity index (χ3n) is 5.62. The van der Waals surface area contributed by atoms with Crippen LogP contribution < -0.4 is 10.6 Å². The number of amides is 2. The molecule has 0 atom stereocenters. The normalized spacial score (nSPS) is 35.5. The van der Waals surface area contributed by atoms with Crippen LogP contribution in [0.4, 0.5) is 14.9 Å². The van der Waals surface area contributed by atoms with Crippen molar-refractivity contribution in [1.29, 1.82) is 0 Å². The van der Waals surface area contributed by atoms with Gasteiger partial charge in [-0.15, -0.1) is 0 Å². The summed E-state index contributed by atoms with van der Waals surface area (Å²) in [5, 5.41) is 5.97. The third-order valence-corrected chi connectivity index (χ3v) is 5.93. The van der Waals surface area contributed by atoms with Crippen molar-refractivity contribution >= 4 is 23.3 Å². The molecule has 2 amide bonds. The predicted molar refractivity (Wildman–Crippen MR) is 84.5 cm³/mol. The highest BCUT2D eigenvalue weighted by Crippen LogP contribution is 2.55. The molecule has 1 aromatic rings. The van der Waals surface area contributed by atoms with E-state index in [0.29, 0.717) is 0 Å². The smallest absolute Gasteiger partial charge is 0.319 e. The minimum absolute atomic E-state index is 0.0615. The van der Waals surface area contributed by atoms with Gasteiger partial charge < -0.3 is 10.6 Å². The second-order valence-corrected chi connectivity index (χ2v) is 7.78. The summed E-state index contributed by atoms with van der Waals surface area (Å²) in [4.78, 5) is 12.4. The molecule has 4 aliphatic carbocycles. The fourth-order valence-corrected chi connectivity index (χ4v) is 5.48. The molecule has 0 aliphatic heterocycles. The van der Waals surface area contributed by atoms with Crippen molar-refractivity contribution in [3.63, 3.8) is 0 Å². The SMILES string of the molecule is O=C(Nc1c(F)cccc1Cl)NC12CC3CC(CC(C3)C1)C2. The molecule has 3 nitrogen and oxygen atoms in total. The average Bonchev–Trinajstić information content (AvgIpc) is 2.41. The Bertz CT molecular complexity index is 563. The lowest BCUT2D eigenvalue weighted by Crippen LogP contribution is -2.60. The van der Waals surface area contributed by atoms with E-state index in [1.54, 1.807) is 6.07 Å². The Labute approximate surface area is 134 Å². The highest BCUT2D eigenvalue weighted by molar-refractivity contribution is 6.33. The fourth-order valence-electron chi connectivity index (χ4n) is 5.27. The summed E-state index contributed by atoms with van der Waals surface area (Å²) in [6.07, 6.45) is 7.16. The molecule has 0 saturated heterocycles. The van der Waals surface area contributed by atoms with Gasteiger partial charge >= 0.3 is 6.03 Å². The Morgan fingerprint density at radius 2 is 1.73 bits per heavy atom. The van der Waals surface area contributed by atoms with E-state index < -0.39 is 5.82 Å². The van der Waals surface area contributed by atoms with Crippen LogP contribution in [0.1, 0.15) is 38.5 Å². The summed E-state index contributed by atoms with van der Waals surface area (Å²) >= 11 is 5.97. The first-order valence-corrected chi connectivity index (χ1v) is 8.44. The summed E-state index contributed by atoms with van der Waals surface area (Å²) in [5.41, 5.74) is -0.0253. The number of hydrogen-bond donors (Lipinski definition) is 2. The van der Waals surface area contributed by atoms with Crippen LogP contribution in [-0.2, 0) is 0 Å². The van der Waals surface area contributed by atoms with Gasteiger partial charge in [-0.1, -0.05) is 17.7 Å². The summed E-state index contributed by atoms with van der Waals surface area (Å²) in [5.74, 6) is 1.75. The van der Waals surface area contributed by atoms with E-state index in [1.165, 1.54) is 31.4 Å². The maximum atomic E-state index is 13.8. The summed E-state index contributed by atoms with van der Waals surface area (Å²) in [6.45, 7) is 0. The monoisotopic (exact) mass is 322 g/mol. The Morgan fingerprint density at radius 3 is 2.27 bits per heavy atom. The molecule has 5 rings (SSSR count). The van der Waals surface area contributed by atoms with Gasteiger partial charge in [-0.2, -0.15) is 0 Å². The van der Waals surface area contributed by atoms with E-state index in [1.807, 2.05) is 0 Å². The van der Waals surface area contributed by atoms with Gasteiger partial charge in [0.1, 0.15) is 5.82 Å². The third kappa shape index (κ3) is 2.47. The molecule has 118 valence electrons. The summed E-state index contributed by atoms with van der Waals surface area (Å²) in [6, 6.07) is 4.06. The standard InChI is InChI=1S/C17H20ClFN2O/c18-13-2-1-3-14(19)15(13)20-16(22)21-17-7-10-4-11(8-17)6-12(5-10)9-17/h1-3,10-12H,4-9H2,(H2,20,21,22). The molecular formula is C17H20ClFN2O. The van der Waals surface area contributed by atoms with Crippen molar-refractivity contribution in [3.8, 4) is 0 Å². The average molecular weight is 323 g/mol. The number of carbonyl (C=O) groups is 1. The van der Waals surface area contributed by atoms with Gasteiger partial charge in [0.15, 0.2) is 0 Å². The largest absolute Gasteiger partial charge is 0.332 e. The number of benzene rings is 1. The fraction of sp³-hybridized carbons (Fsp3) is 0.588. The predicted octanol–water partition coefficient (Wildman–Crippen LogP) is 4.57. The van der Waals surface area contributed by atoms with Gasteiger partial charge in [0.25, 0.3) is 0 Å². The van der Waals surface area contributed by atoms with Crippen molar-refractivity contribution in [2.75, 3.05) is 5.32 Å². The number of anilines is 1. The Morgan fingerprint density at radius 1 is 1.14 bits per heavy atom. The zero-order valence-electron chi connectivity index (χ0n) is 12.4. The first-order valence-electron chi connectivity index (χ1n) is 8.06. The summed E-state index contributed by atoms with van der Waals surface area (Å²) in [7, 11) is 0. The second kappa shape index (κ2) is 5.12. The first kappa shape index (κ1) is 14.3. The Hall–Kier alpha value is -1.29. The van der Waals surface area contributed by atoms with Gasteiger partial charge in [-0.25, -0.2) is 9.18 Å². The van der Waals surface area contributed by atoms with E-state index in [2.05, 4.69) is 10.6 Å². The zero-order valence-corrected chi connectivity index (χ0v) is 13.1. The van der Waals surface area contributed by atoms with Crippen molar-refractivity contribution in [2.24, 2.45) is 17.8 Å². The summed E-state index contributed by atoms with van der Waals surface area (Å²) < 4.78 is 13.8. The van der Waals surface area contributed by atoms with Crippen LogP contribution in [0.2, 0.25) is 5.02 Å². The van der Waals surface area contributed by atoms with Gasteiger partial charge in [0.05, 0.1) is 10.7 Å². The lowest BCUT2D eigenvalue weighted by Gasteiger charge is -2.56. The maximum Gasteiger partial charge on any atom is 0.319 e. The van der Waals surface area contributed by atoms with Gasteiger partial charge in [-0.3, -0.25) is 0 Å². The first-order chi connectivity index (χ1) is 10.5. The molecule has 2 N–H and O–H groups in total. The van der Waals surface area contributed by atoms with Crippen LogP contribution in [0, 0.1) is 23.6 Å². The number of halogens is 2. The van der Waals surface area contributed by atoms with Crippen LogP contribution in [0.15, 0.2) is 18.2 Å². The molecule has 0 radical (unpaired) electrons. The van der Waals surface area contributed by atoms with Crippen LogP contribution in [0.5, 0.6) is 0 Å². The molecule has 0 heterocycles. The van der Waals surface area contributed by atoms with Crippen molar-refractivity contribution in [1.82, 2.24) is 5.32 Å². The molecule has 0 spiro atoms. The molecular weight excluding hydrogens is 303 g/mol. The molecule has 4 fully saturated rings. The second-order valence-electron chi connectivity index (χ2n) is 7.37. The minimum Gasteiger partial charge on any atom is -0.332 e. The van der Waals surface area contributed by atoms with Gasteiger partial charge in [0.2, 0.25) is 0 Å². The molecule has 4 aliphatic rings. The van der Waals surface area contributed by atoms with E-state index >= 15 is 0 Å². The van der Waals surface area contributed by atoms with E-state index in [-0.39, 0.29) is 22.3 Å². The molecule has 4 bridgehead atoms. The Kier molecular flexibility index (Phi) is 3.33. The maximum absolute atomic E-state index is 13.8. The number of rotatable bonds is 2. The van der Waals surface area contributed by atoms with E-state index in [9.17, 15) is 9.18 Å². The van der Waals surface area contributed by atoms with Crippen LogP contribution in [-0.4, -0.2) is 11.6 Å². The topological polar surface area (TPSA) is 41.1 Å².